The number of halogens is 1. The van der Waals surface area contributed by atoms with Gasteiger partial charge < -0.3 is 14.2 Å². The van der Waals surface area contributed by atoms with Crippen molar-refractivity contribution in [2.75, 3.05) is 18.5 Å². The molecule has 3 nitrogen and oxygen atoms in total. The van der Waals surface area contributed by atoms with E-state index in [1.165, 1.54) is 0 Å². The van der Waals surface area contributed by atoms with Crippen LogP contribution >= 0.6 is 15.9 Å². The van der Waals surface area contributed by atoms with E-state index < -0.39 is 5.79 Å². The highest BCUT2D eigenvalue weighted by Crippen LogP contribution is 2.39. The third kappa shape index (κ3) is 3.74. The van der Waals surface area contributed by atoms with E-state index in [9.17, 15) is 0 Å². The second kappa shape index (κ2) is 7.43. The van der Waals surface area contributed by atoms with Gasteiger partial charge in [0.1, 0.15) is 5.75 Å². The zero-order valence-corrected chi connectivity index (χ0v) is 13.8. The van der Waals surface area contributed by atoms with E-state index in [0.29, 0.717) is 6.61 Å². The Morgan fingerprint density at radius 1 is 1.35 bits per heavy atom. The van der Waals surface area contributed by atoms with Gasteiger partial charge in [0.25, 0.3) is 0 Å². The van der Waals surface area contributed by atoms with Crippen molar-refractivity contribution in [3.63, 3.8) is 0 Å². The topological polar surface area (TPSA) is 27.7 Å². The summed E-state index contributed by atoms with van der Waals surface area (Å²) in [5.74, 6) is 0.313. The van der Waals surface area contributed by atoms with Crippen LogP contribution in [0.3, 0.4) is 0 Å². The van der Waals surface area contributed by atoms with Gasteiger partial charge in [-0.15, -0.1) is 0 Å². The molecule has 4 heteroatoms. The summed E-state index contributed by atoms with van der Waals surface area (Å²) in [5.41, 5.74) is 1.08. The van der Waals surface area contributed by atoms with E-state index in [-0.39, 0.29) is 6.10 Å². The minimum Gasteiger partial charge on any atom is -0.494 e. The molecule has 1 heterocycles. The van der Waals surface area contributed by atoms with Crippen molar-refractivity contribution < 1.29 is 14.2 Å². The minimum atomic E-state index is -0.587. The SMILES string of the molecule is CCCOc1ccc(C2(CCCBr)OCC(C)O2)cc1. The summed E-state index contributed by atoms with van der Waals surface area (Å²) in [6, 6.07) is 8.10. The molecule has 0 spiro atoms. The Morgan fingerprint density at radius 3 is 2.65 bits per heavy atom. The van der Waals surface area contributed by atoms with E-state index in [1.54, 1.807) is 0 Å². The highest BCUT2D eigenvalue weighted by atomic mass is 79.9. The molecular formula is C16H23BrO3. The average molecular weight is 343 g/mol. The molecule has 0 N–H and O–H groups in total. The second-order valence-corrected chi connectivity index (χ2v) is 5.95. The van der Waals surface area contributed by atoms with Crippen LogP contribution in [0.15, 0.2) is 24.3 Å². The highest BCUT2D eigenvalue weighted by Gasteiger charge is 2.41. The van der Waals surface area contributed by atoms with Gasteiger partial charge in [0, 0.05) is 17.3 Å². The zero-order chi connectivity index (χ0) is 14.4. The van der Waals surface area contributed by atoms with Crippen molar-refractivity contribution in [2.45, 2.75) is 45.0 Å². The molecule has 0 aromatic heterocycles. The van der Waals surface area contributed by atoms with Gasteiger partial charge in [-0.05, 0) is 44.0 Å². The van der Waals surface area contributed by atoms with Crippen LogP contribution in [0, 0.1) is 0 Å². The van der Waals surface area contributed by atoms with Crippen molar-refractivity contribution in [1.29, 1.82) is 0 Å². The zero-order valence-electron chi connectivity index (χ0n) is 12.2. The summed E-state index contributed by atoms with van der Waals surface area (Å²) in [6.45, 7) is 5.55. The van der Waals surface area contributed by atoms with Gasteiger partial charge in [0.15, 0.2) is 5.79 Å². The van der Waals surface area contributed by atoms with Crippen LogP contribution in [0.2, 0.25) is 0 Å². The van der Waals surface area contributed by atoms with Crippen LogP contribution in [0.4, 0.5) is 0 Å². The fraction of sp³-hybridized carbons (Fsp3) is 0.625. The maximum Gasteiger partial charge on any atom is 0.195 e. The Hall–Kier alpha value is -0.580. The van der Waals surface area contributed by atoms with Gasteiger partial charge in [-0.25, -0.2) is 0 Å². The molecule has 20 heavy (non-hydrogen) atoms. The van der Waals surface area contributed by atoms with E-state index >= 15 is 0 Å². The van der Waals surface area contributed by atoms with Crippen LogP contribution in [0.1, 0.15) is 38.7 Å². The van der Waals surface area contributed by atoms with Crippen LogP contribution < -0.4 is 4.74 Å². The molecule has 0 amide bonds. The molecule has 0 radical (unpaired) electrons. The van der Waals surface area contributed by atoms with Gasteiger partial charge in [0.2, 0.25) is 0 Å². The summed E-state index contributed by atoms with van der Waals surface area (Å²) in [5, 5.41) is 0.952. The van der Waals surface area contributed by atoms with Crippen LogP contribution in [0.25, 0.3) is 0 Å². The summed E-state index contributed by atoms with van der Waals surface area (Å²) >= 11 is 3.48. The summed E-state index contributed by atoms with van der Waals surface area (Å²) in [4.78, 5) is 0. The minimum absolute atomic E-state index is 0.140. The van der Waals surface area contributed by atoms with Crippen molar-refractivity contribution in [3.05, 3.63) is 29.8 Å². The number of rotatable bonds is 7. The van der Waals surface area contributed by atoms with Crippen molar-refractivity contribution in [2.24, 2.45) is 0 Å². The Kier molecular flexibility index (Phi) is 5.87. The van der Waals surface area contributed by atoms with Crippen molar-refractivity contribution in [3.8, 4) is 5.75 Å². The van der Waals surface area contributed by atoms with Crippen LogP contribution in [-0.4, -0.2) is 24.6 Å². The summed E-state index contributed by atoms with van der Waals surface area (Å²) < 4.78 is 17.7. The van der Waals surface area contributed by atoms with Gasteiger partial charge in [0.05, 0.1) is 19.3 Å². The van der Waals surface area contributed by atoms with Crippen LogP contribution in [-0.2, 0) is 15.3 Å². The summed E-state index contributed by atoms with van der Waals surface area (Å²) in [7, 11) is 0. The predicted octanol–water partition coefficient (Wildman–Crippen LogP) is 4.24. The lowest BCUT2D eigenvalue weighted by Crippen LogP contribution is -2.28. The first-order chi connectivity index (χ1) is 9.70. The fourth-order valence-corrected chi connectivity index (χ4v) is 2.68. The molecule has 1 saturated heterocycles. The lowest BCUT2D eigenvalue weighted by atomic mass is 10.0. The molecule has 1 aromatic rings. The molecule has 0 aliphatic carbocycles. The number of benzene rings is 1. The number of alkyl halides is 1. The lowest BCUT2D eigenvalue weighted by molar-refractivity contribution is -0.180. The third-order valence-corrected chi connectivity index (χ3v) is 3.91. The molecule has 0 saturated carbocycles. The molecule has 0 bridgehead atoms. The summed E-state index contributed by atoms with van der Waals surface area (Å²) in [6.07, 6.45) is 3.03. The quantitative estimate of drug-likeness (QED) is 0.693. The van der Waals surface area contributed by atoms with E-state index in [2.05, 4.69) is 41.9 Å². The average Bonchev–Trinajstić information content (AvgIpc) is 2.86. The maximum atomic E-state index is 6.07. The number of hydrogen-bond acceptors (Lipinski definition) is 3. The van der Waals surface area contributed by atoms with E-state index in [1.807, 2.05) is 12.1 Å². The fourth-order valence-electron chi connectivity index (χ4n) is 2.40. The largest absolute Gasteiger partial charge is 0.494 e. The first-order valence-corrected chi connectivity index (χ1v) is 8.43. The molecule has 112 valence electrons. The molecule has 1 aromatic carbocycles. The Bertz CT molecular complexity index is 407. The molecule has 2 unspecified atom stereocenters. The predicted molar refractivity (Wildman–Crippen MR) is 83.4 cm³/mol. The van der Waals surface area contributed by atoms with Gasteiger partial charge in [-0.1, -0.05) is 22.9 Å². The Labute approximate surface area is 129 Å². The van der Waals surface area contributed by atoms with Gasteiger partial charge in [-0.3, -0.25) is 0 Å². The standard InChI is InChI=1S/C16H23BrO3/c1-3-11-18-15-7-5-14(6-8-15)16(9-4-10-17)19-12-13(2)20-16/h5-8,13H,3-4,9-12H2,1-2H3. The lowest BCUT2D eigenvalue weighted by Gasteiger charge is -2.28. The van der Waals surface area contributed by atoms with Crippen molar-refractivity contribution >= 4 is 15.9 Å². The van der Waals surface area contributed by atoms with Gasteiger partial charge >= 0.3 is 0 Å². The third-order valence-electron chi connectivity index (χ3n) is 3.35. The highest BCUT2D eigenvalue weighted by molar-refractivity contribution is 9.09. The van der Waals surface area contributed by atoms with E-state index in [4.69, 9.17) is 14.2 Å². The van der Waals surface area contributed by atoms with Gasteiger partial charge in [-0.2, -0.15) is 0 Å². The Morgan fingerprint density at radius 2 is 2.10 bits per heavy atom. The second-order valence-electron chi connectivity index (χ2n) is 5.16. The normalized spacial score (nSPS) is 25.9. The maximum absolute atomic E-state index is 6.07. The smallest absolute Gasteiger partial charge is 0.195 e. The Balaban J connectivity index is 2.12. The molecule has 1 fully saturated rings. The molecule has 2 atom stereocenters. The van der Waals surface area contributed by atoms with Crippen molar-refractivity contribution in [1.82, 2.24) is 0 Å². The molecular weight excluding hydrogens is 320 g/mol. The first kappa shape index (κ1) is 15.8. The van der Waals surface area contributed by atoms with E-state index in [0.717, 1.165) is 42.5 Å². The monoisotopic (exact) mass is 342 g/mol. The molecule has 1 aliphatic rings. The van der Waals surface area contributed by atoms with Crippen LogP contribution in [0.5, 0.6) is 5.75 Å². The molecule has 2 rings (SSSR count). The molecule has 1 aliphatic heterocycles. The first-order valence-electron chi connectivity index (χ1n) is 7.31. The number of ether oxygens (including phenoxy) is 3. The number of hydrogen-bond donors (Lipinski definition) is 0.